The number of hydrogen-bond donors (Lipinski definition) is 2. The summed E-state index contributed by atoms with van der Waals surface area (Å²) in [6.07, 6.45) is 2.74. The molecule has 7 nitrogen and oxygen atoms in total. The molecule has 1 aliphatic rings. The fourth-order valence-corrected chi connectivity index (χ4v) is 4.03. The Morgan fingerprint density at radius 3 is 2.46 bits per heavy atom. The summed E-state index contributed by atoms with van der Waals surface area (Å²) < 4.78 is 11.3. The maximum Gasteiger partial charge on any atom is 0.407 e. The minimum atomic E-state index is -0.541. The number of aromatic nitrogens is 1. The summed E-state index contributed by atoms with van der Waals surface area (Å²) >= 11 is 0. The van der Waals surface area contributed by atoms with Gasteiger partial charge in [0.25, 0.3) is 5.91 Å². The summed E-state index contributed by atoms with van der Waals surface area (Å²) in [4.78, 5) is 28.8. The first-order chi connectivity index (χ1) is 16.6. The Labute approximate surface area is 206 Å². The van der Waals surface area contributed by atoms with Crippen molar-refractivity contribution in [2.45, 2.75) is 59.1 Å². The third-order valence-electron chi connectivity index (χ3n) is 5.87. The van der Waals surface area contributed by atoms with E-state index in [0.29, 0.717) is 11.7 Å². The van der Waals surface area contributed by atoms with Crippen LogP contribution in [0, 0.1) is 12.8 Å². The number of nitrogens with zero attached hydrogens (tertiary/aromatic N) is 1. The number of fused-ring (bicyclic) bond motifs is 1. The molecule has 184 valence electrons. The Morgan fingerprint density at radius 2 is 1.83 bits per heavy atom. The normalized spacial score (nSPS) is 13.5. The third kappa shape index (κ3) is 6.50. The maximum atomic E-state index is 12.5. The minimum Gasteiger partial charge on any atom is -0.484 e. The van der Waals surface area contributed by atoms with Crippen molar-refractivity contribution < 1.29 is 19.1 Å². The zero-order chi connectivity index (χ0) is 25.2. The number of benzene rings is 2. The highest BCUT2D eigenvalue weighted by Crippen LogP contribution is 2.39. The van der Waals surface area contributed by atoms with Gasteiger partial charge >= 0.3 is 6.09 Å². The molecule has 0 aliphatic heterocycles. The highest BCUT2D eigenvalue weighted by Gasteiger charge is 2.27. The monoisotopic (exact) mass is 475 g/mol. The number of aryl methyl sites for hydroxylation is 1. The van der Waals surface area contributed by atoms with Crippen molar-refractivity contribution in [3.8, 4) is 16.9 Å². The molecule has 35 heavy (non-hydrogen) atoms. The van der Waals surface area contributed by atoms with Crippen LogP contribution in [-0.2, 0) is 22.6 Å². The van der Waals surface area contributed by atoms with Crippen molar-refractivity contribution in [3.63, 3.8) is 0 Å². The maximum absolute atomic E-state index is 12.5. The van der Waals surface area contributed by atoms with Gasteiger partial charge in [0.05, 0.1) is 5.52 Å². The van der Waals surface area contributed by atoms with Gasteiger partial charge < -0.3 is 20.5 Å². The first kappa shape index (κ1) is 24.5. The highest BCUT2D eigenvalue weighted by atomic mass is 16.5. The lowest BCUT2D eigenvalue weighted by Crippen LogP contribution is -2.40. The van der Waals surface area contributed by atoms with E-state index in [1.54, 1.807) is 6.07 Å². The lowest BCUT2D eigenvalue weighted by molar-refractivity contribution is -0.119. The standard InChI is InChI=1S/C28H33N3O4/c1-17-5-9-19(10-6-17)26-21-14-20(34-16-25(29)32)11-12-23(21)30-24(13-18-7-8-18)22(26)15-35-27(33)31-28(2,3)4/h5-6,9-12,14,18H,7-8,13,15-16H2,1-4H3,(H2,29,32)(H,31,33). The first-order valence-corrected chi connectivity index (χ1v) is 12.0. The zero-order valence-electron chi connectivity index (χ0n) is 20.8. The van der Waals surface area contributed by atoms with Crippen LogP contribution >= 0.6 is 0 Å². The summed E-state index contributed by atoms with van der Waals surface area (Å²) in [7, 11) is 0. The molecule has 3 N–H and O–H groups in total. The number of pyridine rings is 1. The number of alkyl carbamates (subject to hydrolysis) is 1. The zero-order valence-corrected chi connectivity index (χ0v) is 20.8. The van der Waals surface area contributed by atoms with E-state index in [1.165, 1.54) is 12.8 Å². The fourth-order valence-electron chi connectivity index (χ4n) is 4.03. The molecule has 0 radical (unpaired) electrons. The van der Waals surface area contributed by atoms with Crippen LogP contribution in [0.4, 0.5) is 4.79 Å². The number of rotatable bonds is 8. The largest absolute Gasteiger partial charge is 0.484 e. The number of carbonyl (C=O) groups is 2. The van der Waals surface area contributed by atoms with E-state index in [-0.39, 0.29) is 13.2 Å². The third-order valence-corrected chi connectivity index (χ3v) is 5.87. The van der Waals surface area contributed by atoms with E-state index in [1.807, 2.05) is 39.8 Å². The quantitative estimate of drug-likeness (QED) is 0.474. The molecular weight excluding hydrogens is 442 g/mol. The minimum absolute atomic E-state index is 0.0997. The summed E-state index contributed by atoms with van der Waals surface area (Å²) in [6.45, 7) is 7.68. The number of carbonyl (C=O) groups excluding carboxylic acids is 2. The molecule has 2 amide bonds. The van der Waals surface area contributed by atoms with E-state index in [9.17, 15) is 9.59 Å². The number of nitrogens with two attached hydrogens (primary N) is 1. The summed E-state index contributed by atoms with van der Waals surface area (Å²) in [5.74, 6) is 0.589. The van der Waals surface area contributed by atoms with Gasteiger partial charge in [0.1, 0.15) is 12.4 Å². The highest BCUT2D eigenvalue weighted by molar-refractivity contribution is 5.97. The second-order valence-corrected chi connectivity index (χ2v) is 10.3. The molecular formula is C28H33N3O4. The SMILES string of the molecule is Cc1ccc(-c2c(COC(=O)NC(C)(C)C)c(CC3CC3)nc3ccc(OCC(N)=O)cc23)cc1. The molecule has 1 aromatic heterocycles. The van der Waals surface area contributed by atoms with Gasteiger partial charge in [-0.15, -0.1) is 0 Å². The molecule has 1 heterocycles. The molecule has 0 spiro atoms. The number of primary amides is 1. The van der Waals surface area contributed by atoms with E-state index in [0.717, 1.165) is 45.3 Å². The number of ether oxygens (including phenoxy) is 2. The second kappa shape index (κ2) is 9.94. The molecule has 7 heteroatoms. The Kier molecular flexibility index (Phi) is 6.96. The molecule has 3 aromatic rings. The average Bonchev–Trinajstić information content (AvgIpc) is 3.59. The molecule has 1 fully saturated rings. The van der Waals surface area contributed by atoms with Crippen LogP contribution in [-0.4, -0.2) is 29.1 Å². The molecule has 0 unspecified atom stereocenters. The summed E-state index contributed by atoms with van der Waals surface area (Å²) in [5, 5.41) is 3.72. The van der Waals surface area contributed by atoms with Crippen molar-refractivity contribution in [1.82, 2.24) is 10.3 Å². The topological polar surface area (TPSA) is 104 Å². The van der Waals surface area contributed by atoms with Crippen molar-refractivity contribution in [2.24, 2.45) is 11.7 Å². The van der Waals surface area contributed by atoms with Crippen molar-refractivity contribution in [3.05, 3.63) is 59.3 Å². The molecule has 4 rings (SSSR count). The van der Waals surface area contributed by atoms with Crippen LogP contribution in [0.15, 0.2) is 42.5 Å². The van der Waals surface area contributed by atoms with Crippen LogP contribution in [0.1, 0.15) is 50.4 Å². The average molecular weight is 476 g/mol. The molecule has 1 aliphatic carbocycles. The van der Waals surface area contributed by atoms with E-state index >= 15 is 0 Å². The number of nitrogens with one attached hydrogen (secondary N) is 1. The van der Waals surface area contributed by atoms with Crippen LogP contribution in [0.2, 0.25) is 0 Å². The lowest BCUT2D eigenvalue weighted by atomic mass is 9.92. The number of amides is 2. The van der Waals surface area contributed by atoms with Gasteiger partial charge in [0.2, 0.25) is 0 Å². The van der Waals surface area contributed by atoms with Crippen molar-refractivity contribution in [2.75, 3.05) is 6.61 Å². The second-order valence-electron chi connectivity index (χ2n) is 10.3. The molecule has 2 aromatic carbocycles. The molecule has 0 saturated heterocycles. The van der Waals surface area contributed by atoms with Crippen LogP contribution in [0.3, 0.4) is 0 Å². The number of hydrogen-bond acceptors (Lipinski definition) is 5. The van der Waals surface area contributed by atoms with Gasteiger partial charge in [-0.05, 0) is 82.2 Å². The Morgan fingerprint density at radius 1 is 1.11 bits per heavy atom. The smallest absolute Gasteiger partial charge is 0.407 e. The van der Waals surface area contributed by atoms with Crippen LogP contribution in [0.25, 0.3) is 22.0 Å². The van der Waals surface area contributed by atoms with Gasteiger partial charge in [-0.2, -0.15) is 0 Å². The lowest BCUT2D eigenvalue weighted by Gasteiger charge is -2.22. The Bertz CT molecular complexity index is 1240. The Hall–Kier alpha value is -3.61. The van der Waals surface area contributed by atoms with Gasteiger partial charge in [-0.3, -0.25) is 9.78 Å². The van der Waals surface area contributed by atoms with Gasteiger partial charge in [0.15, 0.2) is 6.61 Å². The van der Waals surface area contributed by atoms with E-state index in [2.05, 4.69) is 29.6 Å². The summed E-state index contributed by atoms with van der Waals surface area (Å²) in [6, 6.07) is 13.8. The van der Waals surface area contributed by atoms with Gasteiger partial charge in [0, 0.05) is 22.2 Å². The van der Waals surface area contributed by atoms with Crippen LogP contribution in [0.5, 0.6) is 5.75 Å². The van der Waals surface area contributed by atoms with E-state index in [4.69, 9.17) is 20.2 Å². The molecule has 0 bridgehead atoms. The molecule has 0 atom stereocenters. The fraction of sp³-hybridized carbons (Fsp3) is 0.393. The summed E-state index contributed by atoms with van der Waals surface area (Å²) in [5.41, 5.74) is 10.6. The van der Waals surface area contributed by atoms with E-state index < -0.39 is 17.5 Å². The van der Waals surface area contributed by atoms with Crippen molar-refractivity contribution in [1.29, 1.82) is 0 Å². The van der Waals surface area contributed by atoms with Gasteiger partial charge in [-0.1, -0.05) is 29.8 Å². The van der Waals surface area contributed by atoms with Gasteiger partial charge in [-0.25, -0.2) is 4.79 Å². The van der Waals surface area contributed by atoms with Crippen molar-refractivity contribution >= 4 is 22.9 Å². The molecule has 1 saturated carbocycles. The first-order valence-electron chi connectivity index (χ1n) is 12.0. The predicted octanol–water partition coefficient (Wildman–Crippen LogP) is 5.05. The Balaban J connectivity index is 1.84. The van der Waals surface area contributed by atoms with Crippen LogP contribution < -0.4 is 15.8 Å². The predicted molar refractivity (Wildman–Crippen MR) is 136 cm³/mol.